The molecule has 1 aliphatic rings. The minimum Gasteiger partial charge on any atom is -0.464 e. The van der Waals surface area contributed by atoms with Crippen molar-refractivity contribution in [3.63, 3.8) is 0 Å². The molecule has 0 unspecified atom stereocenters. The molecule has 11 nitrogen and oxygen atoms in total. The summed E-state index contributed by atoms with van der Waals surface area (Å²) in [7, 11) is 2.95. The Morgan fingerprint density at radius 2 is 1.88 bits per heavy atom. The van der Waals surface area contributed by atoms with Crippen LogP contribution in [0.15, 0.2) is 89.3 Å². The number of hydrogen-bond acceptors (Lipinski definition) is 8. The number of hydrogen-bond donors (Lipinski definition) is 3. The molecule has 0 radical (unpaired) electrons. The SMILES string of the molecule is COC(=O)c1cc(NC(=O)[C@H](Cc2ccccc2)n2cnc(-c3cc(Cl)ccc3N3C=C(Cl)NN3)cc2=O)cn1C. The fourth-order valence-corrected chi connectivity index (χ4v) is 4.77. The number of ether oxygens (including phenoxy) is 1. The van der Waals surface area contributed by atoms with E-state index < -0.39 is 23.5 Å². The van der Waals surface area contributed by atoms with E-state index in [1.807, 2.05) is 30.3 Å². The van der Waals surface area contributed by atoms with Gasteiger partial charge in [-0.05, 0) is 29.8 Å². The molecule has 0 saturated heterocycles. The Hall–Kier alpha value is -4.58. The standard InChI is InChI=1S/C28H25Cl2N7O4/c1-35-14-19(12-24(35)28(40)41-2)32-27(39)23(10-17-6-4-3-5-7-17)36-16-31-21(13-26(36)38)20-11-18(29)8-9-22(20)37-15-25(30)33-34-37/h3-9,11-16,23,33-34H,10H2,1-2H3,(H,32,39)/t23-/m0/s1. The fraction of sp³-hybridized carbons (Fsp3) is 0.143. The smallest absolute Gasteiger partial charge is 0.354 e. The molecular formula is C28H25Cl2N7O4. The third-order valence-electron chi connectivity index (χ3n) is 6.45. The van der Waals surface area contributed by atoms with Gasteiger partial charge >= 0.3 is 5.97 Å². The predicted molar refractivity (Wildman–Crippen MR) is 156 cm³/mol. The predicted octanol–water partition coefficient (Wildman–Crippen LogP) is 3.98. The van der Waals surface area contributed by atoms with Gasteiger partial charge in [-0.1, -0.05) is 53.5 Å². The number of aromatic nitrogens is 3. The number of nitrogens with one attached hydrogen (secondary N) is 3. The zero-order valence-electron chi connectivity index (χ0n) is 22.0. The molecule has 3 N–H and O–H groups in total. The highest BCUT2D eigenvalue weighted by Gasteiger charge is 2.25. The number of benzene rings is 2. The summed E-state index contributed by atoms with van der Waals surface area (Å²) in [6.07, 6.45) is 4.79. The molecule has 2 aromatic heterocycles. The molecule has 2 aromatic carbocycles. The average Bonchev–Trinajstić information content (AvgIpc) is 3.56. The van der Waals surface area contributed by atoms with Crippen molar-refractivity contribution < 1.29 is 14.3 Å². The number of nitrogens with zero attached hydrogens (tertiary/aromatic N) is 4. The van der Waals surface area contributed by atoms with Crippen molar-refractivity contribution in [3.05, 3.63) is 111 Å². The molecule has 1 atom stereocenters. The van der Waals surface area contributed by atoms with Crippen LogP contribution >= 0.6 is 23.2 Å². The lowest BCUT2D eigenvalue weighted by Crippen LogP contribution is -2.36. The van der Waals surface area contributed by atoms with Crippen LogP contribution in [0.4, 0.5) is 11.4 Å². The molecule has 4 aromatic rings. The van der Waals surface area contributed by atoms with Crippen molar-refractivity contribution in [2.24, 2.45) is 7.05 Å². The number of rotatable bonds is 8. The quantitative estimate of drug-likeness (QED) is 0.207. The topological polar surface area (TPSA) is 123 Å². The number of aryl methyl sites for hydroxylation is 1. The van der Waals surface area contributed by atoms with Crippen LogP contribution in [0.5, 0.6) is 0 Å². The minimum atomic E-state index is -0.946. The van der Waals surface area contributed by atoms with Crippen molar-refractivity contribution in [1.82, 2.24) is 25.1 Å². The number of carbonyl (C=O) groups excluding carboxylic acids is 2. The second kappa shape index (κ2) is 11.9. The second-order valence-corrected chi connectivity index (χ2v) is 10.0. The molecule has 0 bridgehead atoms. The molecule has 0 fully saturated rings. The summed E-state index contributed by atoms with van der Waals surface area (Å²) < 4.78 is 7.63. The Bertz CT molecular complexity index is 1700. The molecule has 13 heteroatoms. The highest BCUT2D eigenvalue weighted by molar-refractivity contribution is 6.31. The van der Waals surface area contributed by atoms with Crippen molar-refractivity contribution in [2.75, 3.05) is 17.4 Å². The summed E-state index contributed by atoms with van der Waals surface area (Å²) in [5.74, 6) is -0.994. The van der Waals surface area contributed by atoms with Crippen LogP contribution in [0.1, 0.15) is 22.1 Å². The lowest BCUT2D eigenvalue weighted by atomic mass is 10.0. The first-order valence-electron chi connectivity index (χ1n) is 12.4. The van der Waals surface area contributed by atoms with Crippen molar-refractivity contribution in [2.45, 2.75) is 12.5 Å². The Balaban J connectivity index is 1.50. The van der Waals surface area contributed by atoms with Crippen LogP contribution < -0.4 is 26.8 Å². The van der Waals surface area contributed by atoms with Crippen LogP contribution in [0, 0.1) is 0 Å². The number of halogens is 2. The summed E-state index contributed by atoms with van der Waals surface area (Å²) in [6, 6.07) is 16.4. The van der Waals surface area contributed by atoms with Gasteiger partial charge in [0.25, 0.3) is 5.56 Å². The van der Waals surface area contributed by atoms with Gasteiger partial charge in [-0.25, -0.2) is 9.78 Å². The number of esters is 1. The molecule has 1 aliphatic heterocycles. The number of anilines is 2. The maximum atomic E-state index is 13.6. The molecule has 0 spiro atoms. The maximum Gasteiger partial charge on any atom is 0.354 e. The molecule has 1 amide bonds. The van der Waals surface area contributed by atoms with E-state index in [9.17, 15) is 14.4 Å². The van der Waals surface area contributed by atoms with E-state index in [0.29, 0.717) is 32.8 Å². The van der Waals surface area contributed by atoms with Crippen LogP contribution in [-0.4, -0.2) is 33.1 Å². The van der Waals surface area contributed by atoms with Gasteiger partial charge in [-0.3, -0.25) is 24.6 Å². The lowest BCUT2D eigenvalue weighted by molar-refractivity contribution is -0.119. The molecular weight excluding hydrogens is 569 g/mol. The van der Waals surface area contributed by atoms with Gasteiger partial charge in [0.1, 0.15) is 16.9 Å². The summed E-state index contributed by atoms with van der Waals surface area (Å²) in [4.78, 5) is 43.7. The third kappa shape index (κ3) is 6.12. The van der Waals surface area contributed by atoms with Gasteiger partial charge in [0.05, 0.1) is 36.7 Å². The number of hydrazine groups is 2. The molecule has 5 rings (SSSR count). The zero-order chi connectivity index (χ0) is 29.1. The van der Waals surface area contributed by atoms with Crippen LogP contribution in [0.2, 0.25) is 5.02 Å². The average molecular weight is 594 g/mol. The summed E-state index contributed by atoms with van der Waals surface area (Å²) in [5, 5.41) is 5.28. The Morgan fingerprint density at radius 1 is 1.10 bits per heavy atom. The van der Waals surface area contributed by atoms with E-state index in [1.165, 1.54) is 30.1 Å². The third-order valence-corrected chi connectivity index (χ3v) is 6.87. The van der Waals surface area contributed by atoms with Gasteiger partial charge < -0.3 is 14.6 Å². The maximum absolute atomic E-state index is 13.6. The molecule has 41 heavy (non-hydrogen) atoms. The molecule has 3 heterocycles. The summed E-state index contributed by atoms with van der Waals surface area (Å²) in [6.45, 7) is 0. The van der Waals surface area contributed by atoms with E-state index in [-0.39, 0.29) is 12.1 Å². The Labute approximate surface area is 244 Å². The number of methoxy groups -OCH3 is 1. The first kappa shape index (κ1) is 28.0. The van der Waals surface area contributed by atoms with E-state index in [4.69, 9.17) is 27.9 Å². The highest BCUT2D eigenvalue weighted by Crippen LogP contribution is 2.32. The number of amides is 1. The van der Waals surface area contributed by atoms with Crippen LogP contribution in [0.3, 0.4) is 0 Å². The van der Waals surface area contributed by atoms with Crippen LogP contribution in [0.25, 0.3) is 11.3 Å². The fourth-order valence-electron chi connectivity index (χ4n) is 4.46. The molecule has 0 aliphatic carbocycles. The van der Waals surface area contributed by atoms with Crippen molar-refractivity contribution in [3.8, 4) is 11.3 Å². The first-order chi connectivity index (χ1) is 19.7. The minimum absolute atomic E-state index is 0.222. The highest BCUT2D eigenvalue weighted by atomic mass is 35.5. The Morgan fingerprint density at radius 3 is 2.56 bits per heavy atom. The zero-order valence-corrected chi connectivity index (χ0v) is 23.5. The number of carbonyl (C=O) groups is 2. The largest absolute Gasteiger partial charge is 0.464 e. The van der Waals surface area contributed by atoms with Crippen LogP contribution in [-0.2, 0) is 23.0 Å². The summed E-state index contributed by atoms with van der Waals surface area (Å²) in [5.41, 5.74) is 8.30. The van der Waals surface area contributed by atoms with E-state index in [2.05, 4.69) is 21.3 Å². The van der Waals surface area contributed by atoms with Crippen molar-refractivity contribution >= 4 is 46.5 Å². The molecule has 0 saturated carbocycles. The molecule has 210 valence electrons. The van der Waals surface area contributed by atoms with Crippen molar-refractivity contribution in [1.29, 1.82) is 0 Å². The van der Waals surface area contributed by atoms with Gasteiger partial charge in [0.15, 0.2) is 0 Å². The summed E-state index contributed by atoms with van der Waals surface area (Å²) >= 11 is 12.3. The van der Waals surface area contributed by atoms with Gasteiger partial charge in [0.2, 0.25) is 5.91 Å². The van der Waals surface area contributed by atoms with Gasteiger partial charge in [-0.15, -0.1) is 5.53 Å². The van der Waals surface area contributed by atoms with E-state index in [0.717, 1.165) is 5.56 Å². The van der Waals surface area contributed by atoms with Gasteiger partial charge in [0, 0.05) is 36.3 Å². The van der Waals surface area contributed by atoms with Gasteiger partial charge in [-0.2, -0.15) is 0 Å². The lowest BCUT2D eigenvalue weighted by Gasteiger charge is -2.21. The Kier molecular flexibility index (Phi) is 8.11. The van der Waals surface area contributed by atoms with E-state index >= 15 is 0 Å². The monoisotopic (exact) mass is 593 g/mol. The second-order valence-electron chi connectivity index (χ2n) is 9.18. The first-order valence-corrected chi connectivity index (χ1v) is 13.1. The van der Waals surface area contributed by atoms with E-state index in [1.54, 1.807) is 47.2 Å². The normalized spacial score (nSPS) is 13.4.